The van der Waals surface area contributed by atoms with Crippen LogP contribution in [-0.2, 0) is 0 Å². The first-order valence-electron chi connectivity index (χ1n) is 6.21. The largest absolute Gasteiger partial charge is 0.320 e. The summed E-state index contributed by atoms with van der Waals surface area (Å²) in [5, 5.41) is 7.22. The van der Waals surface area contributed by atoms with Crippen LogP contribution in [0.15, 0.2) is 49.2 Å². The molecular weight excluding hydrogens is 325 g/mol. The second-order valence-corrected chi connectivity index (χ2v) is 5.07. The fourth-order valence-electron chi connectivity index (χ4n) is 1.85. The molecule has 0 saturated heterocycles. The van der Waals surface area contributed by atoms with Gasteiger partial charge in [0.05, 0.1) is 22.0 Å². The molecule has 2 aromatic heterocycles. The Labute approximate surface area is 135 Å². The Morgan fingerprint density at radius 1 is 1.23 bits per heavy atom. The van der Waals surface area contributed by atoms with E-state index in [4.69, 9.17) is 23.2 Å². The topological polar surface area (TPSA) is 72.7 Å². The van der Waals surface area contributed by atoms with E-state index in [-0.39, 0.29) is 16.1 Å². The van der Waals surface area contributed by atoms with Gasteiger partial charge in [0.15, 0.2) is 0 Å². The van der Waals surface area contributed by atoms with Crippen molar-refractivity contribution in [2.75, 3.05) is 5.32 Å². The third-order valence-electron chi connectivity index (χ3n) is 2.88. The van der Waals surface area contributed by atoms with Gasteiger partial charge in [-0.2, -0.15) is 5.10 Å². The first-order valence-corrected chi connectivity index (χ1v) is 6.97. The van der Waals surface area contributed by atoms with Gasteiger partial charge < -0.3 is 5.32 Å². The number of carbonyl (C=O) groups is 1. The Morgan fingerprint density at radius 3 is 2.77 bits per heavy atom. The highest BCUT2D eigenvalue weighted by Crippen LogP contribution is 2.22. The SMILES string of the molecule is O=C(Nc1ccccc1-n1cncn1)c1cnc(Cl)c(Cl)c1. The van der Waals surface area contributed by atoms with Crippen molar-refractivity contribution in [1.29, 1.82) is 0 Å². The molecule has 1 aromatic carbocycles. The number of halogens is 2. The lowest BCUT2D eigenvalue weighted by Gasteiger charge is -2.10. The second-order valence-electron chi connectivity index (χ2n) is 4.31. The second kappa shape index (κ2) is 6.13. The van der Waals surface area contributed by atoms with Gasteiger partial charge in [-0.1, -0.05) is 35.3 Å². The summed E-state index contributed by atoms with van der Waals surface area (Å²) in [5.41, 5.74) is 1.59. The van der Waals surface area contributed by atoms with E-state index in [1.807, 2.05) is 18.2 Å². The molecule has 0 fully saturated rings. The number of anilines is 1. The van der Waals surface area contributed by atoms with E-state index < -0.39 is 0 Å². The molecular formula is C14H9Cl2N5O. The summed E-state index contributed by atoms with van der Waals surface area (Å²) in [6.45, 7) is 0. The number of benzene rings is 1. The van der Waals surface area contributed by atoms with E-state index in [2.05, 4.69) is 20.4 Å². The van der Waals surface area contributed by atoms with Crippen molar-refractivity contribution in [3.05, 3.63) is 64.9 Å². The smallest absolute Gasteiger partial charge is 0.257 e. The Morgan fingerprint density at radius 2 is 2.05 bits per heavy atom. The normalized spacial score (nSPS) is 10.5. The van der Waals surface area contributed by atoms with Crippen LogP contribution in [0.2, 0.25) is 10.2 Å². The van der Waals surface area contributed by atoms with Crippen molar-refractivity contribution in [3.63, 3.8) is 0 Å². The average molecular weight is 334 g/mol. The Hall–Kier alpha value is -2.44. The van der Waals surface area contributed by atoms with Crippen LogP contribution in [0.1, 0.15) is 10.4 Å². The predicted octanol–water partition coefficient (Wildman–Crippen LogP) is 3.22. The minimum atomic E-state index is -0.348. The molecule has 2 heterocycles. The van der Waals surface area contributed by atoms with E-state index in [1.54, 1.807) is 17.1 Å². The number of pyridine rings is 1. The number of amides is 1. The van der Waals surface area contributed by atoms with Crippen LogP contribution < -0.4 is 5.32 Å². The molecule has 22 heavy (non-hydrogen) atoms. The molecule has 1 N–H and O–H groups in total. The number of hydrogen-bond acceptors (Lipinski definition) is 4. The summed E-state index contributed by atoms with van der Waals surface area (Å²) in [6, 6.07) is 8.69. The molecule has 0 radical (unpaired) electrons. The molecule has 0 bridgehead atoms. The van der Waals surface area contributed by atoms with Crippen molar-refractivity contribution in [2.24, 2.45) is 0 Å². The van der Waals surface area contributed by atoms with Gasteiger partial charge in [0.2, 0.25) is 0 Å². The summed E-state index contributed by atoms with van der Waals surface area (Å²) in [6.07, 6.45) is 4.33. The van der Waals surface area contributed by atoms with Gasteiger partial charge in [0.1, 0.15) is 17.8 Å². The maximum Gasteiger partial charge on any atom is 0.257 e. The van der Waals surface area contributed by atoms with Crippen molar-refractivity contribution < 1.29 is 4.79 Å². The molecule has 1 amide bonds. The number of para-hydroxylation sites is 2. The van der Waals surface area contributed by atoms with Crippen molar-refractivity contribution >= 4 is 34.8 Å². The molecule has 0 aliphatic carbocycles. The number of aromatic nitrogens is 4. The molecule has 8 heteroatoms. The average Bonchev–Trinajstić information content (AvgIpc) is 3.04. The summed E-state index contributed by atoms with van der Waals surface area (Å²) in [5.74, 6) is -0.348. The molecule has 0 atom stereocenters. The number of hydrogen-bond donors (Lipinski definition) is 1. The first-order chi connectivity index (χ1) is 10.6. The minimum absolute atomic E-state index is 0.154. The fourth-order valence-corrected chi connectivity index (χ4v) is 2.12. The maximum atomic E-state index is 12.3. The molecule has 0 spiro atoms. The van der Waals surface area contributed by atoms with Gasteiger partial charge in [0.25, 0.3) is 5.91 Å². The van der Waals surface area contributed by atoms with Gasteiger partial charge in [-0.3, -0.25) is 4.79 Å². The zero-order valence-corrected chi connectivity index (χ0v) is 12.6. The molecule has 0 aliphatic rings. The highest BCUT2D eigenvalue weighted by molar-refractivity contribution is 6.41. The fraction of sp³-hybridized carbons (Fsp3) is 0. The number of nitrogens with one attached hydrogen (secondary N) is 1. The quantitative estimate of drug-likeness (QED) is 0.747. The Balaban J connectivity index is 1.90. The van der Waals surface area contributed by atoms with Crippen LogP contribution in [0.25, 0.3) is 5.69 Å². The molecule has 0 saturated carbocycles. The molecule has 0 aliphatic heterocycles. The van der Waals surface area contributed by atoms with Crippen LogP contribution >= 0.6 is 23.2 Å². The van der Waals surface area contributed by atoms with Crippen LogP contribution in [-0.4, -0.2) is 25.7 Å². The predicted molar refractivity (Wildman–Crippen MR) is 83.6 cm³/mol. The third kappa shape index (κ3) is 2.93. The Bertz CT molecular complexity index is 820. The van der Waals surface area contributed by atoms with Crippen LogP contribution in [0.5, 0.6) is 0 Å². The third-order valence-corrected chi connectivity index (χ3v) is 3.56. The van der Waals surface area contributed by atoms with Gasteiger partial charge in [-0.25, -0.2) is 14.6 Å². The van der Waals surface area contributed by atoms with Crippen molar-refractivity contribution in [3.8, 4) is 5.69 Å². The van der Waals surface area contributed by atoms with Crippen LogP contribution in [0.3, 0.4) is 0 Å². The summed E-state index contributed by atoms with van der Waals surface area (Å²) in [4.78, 5) is 20.1. The summed E-state index contributed by atoms with van der Waals surface area (Å²) < 4.78 is 1.56. The summed E-state index contributed by atoms with van der Waals surface area (Å²) >= 11 is 11.6. The van der Waals surface area contributed by atoms with E-state index >= 15 is 0 Å². The number of nitrogens with zero attached hydrogens (tertiary/aromatic N) is 4. The Kier molecular flexibility index (Phi) is 4.04. The maximum absolute atomic E-state index is 12.3. The molecule has 6 nitrogen and oxygen atoms in total. The highest BCUT2D eigenvalue weighted by atomic mass is 35.5. The van der Waals surface area contributed by atoms with Crippen molar-refractivity contribution in [2.45, 2.75) is 0 Å². The van der Waals surface area contributed by atoms with Gasteiger partial charge >= 0.3 is 0 Å². The van der Waals surface area contributed by atoms with E-state index in [1.165, 1.54) is 18.6 Å². The monoisotopic (exact) mass is 333 g/mol. The lowest BCUT2D eigenvalue weighted by molar-refractivity contribution is 0.102. The van der Waals surface area contributed by atoms with Crippen LogP contribution in [0, 0.1) is 0 Å². The van der Waals surface area contributed by atoms with Gasteiger partial charge in [-0.05, 0) is 18.2 Å². The number of carbonyl (C=O) groups excluding carboxylic acids is 1. The van der Waals surface area contributed by atoms with E-state index in [0.717, 1.165) is 0 Å². The number of rotatable bonds is 3. The van der Waals surface area contributed by atoms with Crippen molar-refractivity contribution in [1.82, 2.24) is 19.7 Å². The molecule has 3 aromatic rings. The lowest BCUT2D eigenvalue weighted by atomic mass is 10.2. The summed E-state index contributed by atoms with van der Waals surface area (Å²) in [7, 11) is 0. The first kappa shape index (κ1) is 14.5. The van der Waals surface area contributed by atoms with E-state index in [0.29, 0.717) is 16.9 Å². The van der Waals surface area contributed by atoms with Gasteiger partial charge in [0, 0.05) is 6.20 Å². The van der Waals surface area contributed by atoms with Gasteiger partial charge in [-0.15, -0.1) is 0 Å². The van der Waals surface area contributed by atoms with E-state index in [9.17, 15) is 4.79 Å². The molecule has 110 valence electrons. The highest BCUT2D eigenvalue weighted by Gasteiger charge is 2.12. The molecule has 0 unspecified atom stereocenters. The zero-order valence-electron chi connectivity index (χ0n) is 11.1. The van der Waals surface area contributed by atoms with Crippen LogP contribution in [0.4, 0.5) is 5.69 Å². The molecule has 3 rings (SSSR count). The minimum Gasteiger partial charge on any atom is -0.320 e. The standard InChI is InChI=1S/C14H9Cl2N5O/c15-10-5-9(6-18-13(10)16)14(22)20-11-3-1-2-4-12(11)21-8-17-7-19-21/h1-8H,(H,20,22). The zero-order chi connectivity index (χ0) is 15.5. The lowest BCUT2D eigenvalue weighted by Crippen LogP contribution is -2.14.